The van der Waals surface area contributed by atoms with Gasteiger partial charge in [0.2, 0.25) is 11.7 Å². The predicted molar refractivity (Wildman–Crippen MR) is 117 cm³/mol. The number of rotatable bonds is 6. The van der Waals surface area contributed by atoms with E-state index in [4.69, 9.17) is 16.1 Å². The summed E-state index contributed by atoms with van der Waals surface area (Å²) in [6.45, 7) is 0. The Labute approximate surface area is 192 Å². The first kappa shape index (κ1) is 22.5. The van der Waals surface area contributed by atoms with E-state index in [1.54, 1.807) is 24.3 Å². The van der Waals surface area contributed by atoms with Crippen LogP contribution < -0.4 is 5.32 Å². The van der Waals surface area contributed by atoms with Crippen LogP contribution in [0.1, 0.15) is 33.4 Å². The zero-order valence-electron chi connectivity index (χ0n) is 17.0. The molecular formula is C24H17ClF3N3O2. The Bertz CT molecular complexity index is 1240. The molecule has 0 bridgehead atoms. The highest BCUT2D eigenvalue weighted by Gasteiger charge is 2.30. The lowest BCUT2D eigenvalue weighted by Gasteiger charge is -2.16. The average molecular weight is 472 g/mol. The molecule has 4 aromatic rings. The number of aromatic nitrogens is 2. The van der Waals surface area contributed by atoms with Crippen LogP contribution in [0, 0.1) is 0 Å². The van der Waals surface area contributed by atoms with Crippen LogP contribution in [-0.4, -0.2) is 16.0 Å². The number of benzene rings is 3. The first-order valence-corrected chi connectivity index (χ1v) is 10.3. The Balaban J connectivity index is 1.60. The third-order valence-electron chi connectivity index (χ3n) is 4.89. The van der Waals surface area contributed by atoms with Gasteiger partial charge in [0.05, 0.1) is 5.56 Å². The molecule has 0 aliphatic carbocycles. The van der Waals surface area contributed by atoms with Gasteiger partial charge in [0.25, 0.3) is 5.91 Å². The molecule has 1 heterocycles. The maximum absolute atomic E-state index is 12.8. The van der Waals surface area contributed by atoms with E-state index in [9.17, 15) is 18.0 Å². The summed E-state index contributed by atoms with van der Waals surface area (Å²) in [5, 5.41) is 7.29. The number of nitrogens with zero attached hydrogens (tertiary/aromatic N) is 2. The number of hydrogen-bond donors (Lipinski definition) is 1. The third-order valence-corrected chi connectivity index (χ3v) is 5.12. The van der Waals surface area contributed by atoms with Crippen molar-refractivity contribution < 1.29 is 22.5 Å². The summed E-state index contributed by atoms with van der Waals surface area (Å²) >= 11 is 6.03. The highest BCUT2D eigenvalue weighted by Crippen LogP contribution is 2.29. The Morgan fingerprint density at radius 2 is 1.73 bits per heavy atom. The fraction of sp³-hybridized carbons (Fsp3) is 0.125. The molecule has 0 spiro atoms. The zero-order chi connectivity index (χ0) is 23.4. The number of amides is 1. The second-order valence-corrected chi connectivity index (χ2v) is 7.69. The van der Waals surface area contributed by atoms with E-state index < -0.39 is 23.7 Å². The summed E-state index contributed by atoms with van der Waals surface area (Å²) in [7, 11) is 0. The Morgan fingerprint density at radius 1 is 1.00 bits per heavy atom. The minimum atomic E-state index is -4.48. The lowest BCUT2D eigenvalue weighted by molar-refractivity contribution is -0.137. The lowest BCUT2D eigenvalue weighted by Crippen LogP contribution is -2.30. The predicted octanol–water partition coefficient (Wildman–Crippen LogP) is 6.12. The second kappa shape index (κ2) is 9.46. The molecule has 0 saturated heterocycles. The number of nitrogens with one attached hydrogen (secondary N) is 1. The van der Waals surface area contributed by atoms with Gasteiger partial charge in [-0.1, -0.05) is 59.2 Å². The quantitative estimate of drug-likeness (QED) is 0.367. The smallest absolute Gasteiger partial charge is 0.340 e. The standard InChI is InChI=1S/C24H17ClF3N3O2/c25-19-8-4-7-17(14-19)21-30-23(33-31-21)20(13-15-5-2-1-3-6-15)29-22(32)16-9-11-18(12-10-16)24(26,27)28/h1-12,14,20H,13H2,(H,29,32)/t20-/m1/s1. The molecule has 1 amide bonds. The highest BCUT2D eigenvalue weighted by atomic mass is 35.5. The highest BCUT2D eigenvalue weighted by molar-refractivity contribution is 6.30. The van der Waals surface area contributed by atoms with E-state index in [0.717, 1.165) is 29.8 Å². The molecule has 9 heteroatoms. The van der Waals surface area contributed by atoms with Gasteiger partial charge in [0, 0.05) is 22.6 Å². The van der Waals surface area contributed by atoms with Gasteiger partial charge in [-0.15, -0.1) is 0 Å². The van der Waals surface area contributed by atoms with Crippen LogP contribution in [0.25, 0.3) is 11.4 Å². The molecule has 168 valence electrons. The maximum Gasteiger partial charge on any atom is 0.416 e. The van der Waals surface area contributed by atoms with Crippen molar-refractivity contribution in [3.05, 3.63) is 106 Å². The molecule has 33 heavy (non-hydrogen) atoms. The molecule has 5 nitrogen and oxygen atoms in total. The van der Waals surface area contributed by atoms with E-state index in [1.165, 1.54) is 0 Å². The average Bonchev–Trinajstić information content (AvgIpc) is 3.29. The summed E-state index contributed by atoms with van der Waals surface area (Å²) in [6, 6.07) is 19.5. The molecule has 1 atom stereocenters. The topological polar surface area (TPSA) is 68.0 Å². The number of halogens is 4. The lowest BCUT2D eigenvalue weighted by atomic mass is 10.0. The van der Waals surface area contributed by atoms with E-state index in [1.807, 2.05) is 30.3 Å². The van der Waals surface area contributed by atoms with Crippen molar-refractivity contribution in [2.75, 3.05) is 0 Å². The summed E-state index contributed by atoms with van der Waals surface area (Å²) < 4.78 is 43.9. The van der Waals surface area contributed by atoms with Crippen LogP contribution in [0.2, 0.25) is 5.02 Å². The van der Waals surface area contributed by atoms with Crippen LogP contribution in [0.15, 0.2) is 83.4 Å². The van der Waals surface area contributed by atoms with Crippen molar-refractivity contribution in [1.82, 2.24) is 15.5 Å². The van der Waals surface area contributed by atoms with Crippen molar-refractivity contribution in [2.45, 2.75) is 18.6 Å². The molecule has 3 aromatic carbocycles. The second-order valence-electron chi connectivity index (χ2n) is 7.26. The molecule has 0 aliphatic rings. The van der Waals surface area contributed by atoms with Gasteiger partial charge in [-0.3, -0.25) is 4.79 Å². The first-order chi connectivity index (χ1) is 15.8. The van der Waals surface area contributed by atoms with Crippen molar-refractivity contribution >= 4 is 17.5 Å². The summed E-state index contributed by atoms with van der Waals surface area (Å²) in [5.41, 5.74) is 0.793. The first-order valence-electron chi connectivity index (χ1n) is 9.91. The fourth-order valence-electron chi connectivity index (χ4n) is 3.22. The van der Waals surface area contributed by atoms with Crippen molar-refractivity contribution in [3.63, 3.8) is 0 Å². The van der Waals surface area contributed by atoms with Gasteiger partial charge in [0.15, 0.2) is 0 Å². The molecule has 0 saturated carbocycles. The molecule has 0 unspecified atom stereocenters. The molecule has 0 fully saturated rings. The molecule has 1 aromatic heterocycles. The van der Waals surface area contributed by atoms with Crippen LogP contribution in [-0.2, 0) is 12.6 Å². The third kappa shape index (κ3) is 5.59. The molecule has 0 radical (unpaired) electrons. The van der Waals surface area contributed by atoms with Crippen molar-refractivity contribution in [1.29, 1.82) is 0 Å². The minimum absolute atomic E-state index is 0.0793. The van der Waals surface area contributed by atoms with Gasteiger partial charge in [-0.2, -0.15) is 18.2 Å². The zero-order valence-corrected chi connectivity index (χ0v) is 17.8. The van der Waals surface area contributed by atoms with E-state index in [0.29, 0.717) is 22.8 Å². The molecule has 0 aliphatic heterocycles. The van der Waals surface area contributed by atoms with Gasteiger partial charge in [-0.25, -0.2) is 0 Å². The van der Waals surface area contributed by atoms with Crippen molar-refractivity contribution in [3.8, 4) is 11.4 Å². The number of alkyl halides is 3. The fourth-order valence-corrected chi connectivity index (χ4v) is 3.41. The largest absolute Gasteiger partial charge is 0.416 e. The number of carbonyl (C=O) groups excluding carboxylic acids is 1. The SMILES string of the molecule is O=C(N[C@H](Cc1ccccc1)c1nc(-c2cccc(Cl)c2)no1)c1ccc(C(F)(F)F)cc1. The Morgan fingerprint density at radius 3 is 2.39 bits per heavy atom. The van der Waals surface area contributed by atoms with E-state index in [-0.39, 0.29) is 11.5 Å². The summed E-state index contributed by atoms with van der Waals surface area (Å²) in [6.07, 6.45) is -4.14. The molecule has 1 N–H and O–H groups in total. The number of carbonyl (C=O) groups is 1. The Hall–Kier alpha value is -3.65. The van der Waals surface area contributed by atoms with Crippen molar-refractivity contribution in [2.24, 2.45) is 0 Å². The minimum Gasteiger partial charge on any atom is -0.340 e. The summed E-state index contributed by atoms with van der Waals surface area (Å²) in [4.78, 5) is 17.2. The van der Waals surface area contributed by atoms with Gasteiger partial charge in [0.1, 0.15) is 6.04 Å². The van der Waals surface area contributed by atoms with Crippen LogP contribution in [0.4, 0.5) is 13.2 Å². The Kier molecular flexibility index (Phi) is 6.46. The van der Waals surface area contributed by atoms with E-state index >= 15 is 0 Å². The summed E-state index contributed by atoms with van der Waals surface area (Å²) in [5.74, 6) is -0.101. The molecule has 4 rings (SSSR count). The maximum atomic E-state index is 12.8. The number of hydrogen-bond acceptors (Lipinski definition) is 4. The van der Waals surface area contributed by atoms with Gasteiger partial charge >= 0.3 is 6.18 Å². The van der Waals surface area contributed by atoms with Crippen LogP contribution >= 0.6 is 11.6 Å². The normalized spacial score (nSPS) is 12.4. The van der Waals surface area contributed by atoms with Crippen LogP contribution in [0.3, 0.4) is 0 Å². The molecular weight excluding hydrogens is 455 g/mol. The van der Waals surface area contributed by atoms with Gasteiger partial charge in [-0.05, 0) is 42.0 Å². The monoisotopic (exact) mass is 471 g/mol. The van der Waals surface area contributed by atoms with E-state index in [2.05, 4.69) is 15.5 Å². The van der Waals surface area contributed by atoms with Crippen LogP contribution in [0.5, 0.6) is 0 Å². The van der Waals surface area contributed by atoms with Gasteiger partial charge < -0.3 is 9.84 Å².